The molecular weight excluding hydrogens is 238 g/mol. The Morgan fingerprint density at radius 2 is 2.41 bits per heavy atom. The molecule has 1 aliphatic rings. The third-order valence-corrected chi connectivity index (χ3v) is 4.19. The molecule has 1 fully saturated rings. The summed E-state index contributed by atoms with van der Waals surface area (Å²) in [6, 6.07) is 4.54. The summed E-state index contributed by atoms with van der Waals surface area (Å²) in [6.07, 6.45) is 2.50. The van der Waals surface area contributed by atoms with Crippen LogP contribution in [0.3, 0.4) is 0 Å². The summed E-state index contributed by atoms with van der Waals surface area (Å²) < 4.78 is 0. The number of hydrogen-bond donors (Lipinski definition) is 2. The van der Waals surface area contributed by atoms with Gasteiger partial charge in [-0.15, -0.1) is 0 Å². The third-order valence-electron chi connectivity index (χ3n) is 2.79. The number of thioether (sulfide) groups is 1. The number of nitrogens with one attached hydrogen (secondary N) is 1. The molecule has 17 heavy (non-hydrogen) atoms. The van der Waals surface area contributed by atoms with Gasteiger partial charge in [-0.05, 0) is 24.7 Å². The fraction of sp³-hybridized carbons (Fsp3) is 0.455. The second-order valence-electron chi connectivity index (χ2n) is 4.04. The summed E-state index contributed by atoms with van der Waals surface area (Å²) in [6.45, 7) is 0.868. The number of nitrogens with zero attached hydrogens (tertiary/aromatic N) is 1. The SMILES string of the molecule is Nc1cc([N+](=O)[O-])ccc1NCC1CCCS1. The second-order valence-corrected chi connectivity index (χ2v) is 5.45. The minimum Gasteiger partial charge on any atom is -0.397 e. The van der Waals surface area contributed by atoms with Gasteiger partial charge in [0.05, 0.1) is 16.3 Å². The van der Waals surface area contributed by atoms with E-state index < -0.39 is 4.92 Å². The summed E-state index contributed by atoms with van der Waals surface area (Å²) >= 11 is 1.96. The van der Waals surface area contributed by atoms with Gasteiger partial charge in [-0.3, -0.25) is 10.1 Å². The van der Waals surface area contributed by atoms with Crippen LogP contribution < -0.4 is 11.1 Å². The average molecular weight is 253 g/mol. The highest BCUT2D eigenvalue weighted by Crippen LogP contribution is 2.28. The van der Waals surface area contributed by atoms with Crippen LogP contribution in [0.25, 0.3) is 0 Å². The van der Waals surface area contributed by atoms with Gasteiger partial charge in [0.1, 0.15) is 0 Å². The zero-order chi connectivity index (χ0) is 12.3. The van der Waals surface area contributed by atoms with Gasteiger partial charge in [0.25, 0.3) is 5.69 Å². The van der Waals surface area contributed by atoms with E-state index in [0.717, 1.165) is 12.2 Å². The Morgan fingerprint density at radius 1 is 1.59 bits per heavy atom. The first kappa shape index (κ1) is 12.0. The standard InChI is InChI=1S/C11H15N3O2S/c12-10-6-8(14(15)16)3-4-11(10)13-7-9-2-1-5-17-9/h3-4,6,9,13H,1-2,5,7,12H2. The van der Waals surface area contributed by atoms with Crippen molar-refractivity contribution < 1.29 is 4.92 Å². The minimum absolute atomic E-state index is 0.0308. The molecule has 2 rings (SSSR count). The second kappa shape index (κ2) is 5.27. The molecule has 0 radical (unpaired) electrons. The van der Waals surface area contributed by atoms with Crippen LogP contribution in [0.4, 0.5) is 17.1 Å². The van der Waals surface area contributed by atoms with Crippen LogP contribution in [0.1, 0.15) is 12.8 Å². The predicted molar refractivity (Wildman–Crippen MR) is 71.5 cm³/mol. The molecule has 0 saturated carbocycles. The summed E-state index contributed by atoms with van der Waals surface area (Å²) in [4.78, 5) is 10.1. The molecule has 1 heterocycles. The Kier molecular flexibility index (Phi) is 3.73. The Bertz CT molecular complexity index is 419. The van der Waals surface area contributed by atoms with Crippen LogP contribution in [0.15, 0.2) is 18.2 Å². The van der Waals surface area contributed by atoms with Crippen molar-refractivity contribution in [2.24, 2.45) is 0 Å². The molecule has 5 nitrogen and oxygen atoms in total. The number of nitrogens with two attached hydrogens (primary N) is 1. The number of anilines is 2. The molecule has 0 spiro atoms. The Hall–Kier alpha value is -1.43. The zero-order valence-electron chi connectivity index (χ0n) is 9.39. The van der Waals surface area contributed by atoms with Crippen LogP contribution in [-0.2, 0) is 0 Å². The molecule has 1 aromatic carbocycles. The van der Waals surface area contributed by atoms with E-state index in [-0.39, 0.29) is 5.69 Å². The van der Waals surface area contributed by atoms with Gasteiger partial charge in [0.15, 0.2) is 0 Å². The molecule has 92 valence electrons. The number of nitro groups is 1. The minimum atomic E-state index is -0.438. The van der Waals surface area contributed by atoms with Crippen LogP contribution in [0.2, 0.25) is 0 Å². The molecular formula is C11H15N3O2S. The van der Waals surface area contributed by atoms with Crippen molar-refractivity contribution in [2.75, 3.05) is 23.3 Å². The van der Waals surface area contributed by atoms with Gasteiger partial charge in [-0.2, -0.15) is 11.8 Å². The summed E-state index contributed by atoms with van der Waals surface area (Å²) in [5.74, 6) is 1.22. The molecule has 1 unspecified atom stereocenters. The lowest BCUT2D eigenvalue weighted by Gasteiger charge is -2.12. The highest BCUT2D eigenvalue weighted by atomic mass is 32.2. The van der Waals surface area contributed by atoms with E-state index >= 15 is 0 Å². The van der Waals surface area contributed by atoms with Crippen LogP contribution in [0.5, 0.6) is 0 Å². The van der Waals surface area contributed by atoms with Gasteiger partial charge in [-0.1, -0.05) is 0 Å². The van der Waals surface area contributed by atoms with E-state index in [1.807, 2.05) is 11.8 Å². The maximum atomic E-state index is 10.6. The van der Waals surface area contributed by atoms with Gasteiger partial charge in [0.2, 0.25) is 0 Å². The molecule has 1 saturated heterocycles. The summed E-state index contributed by atoms with van der Waals surface area (Å²) in [5.41, 5.74) is 7.01. The van der Waals surface area contributed by atoms with Crippen molar-refractivity contribution in [2.45, 2.75) is 18.1 Å². The van der Waals surface area contributed by atoms with Crippen molar-refractivity contribution in [3.63, 3.8) is 0 Å². The number of rotatable bonds is 4. The van der Waals surface area contributed by atoms with Crippen molar-refractivity contribution in [3.05, 3.63) is 28.3 Å². The molecule has 0 aliphatic carbocycles. The molecule has 0 amide bonds. The van der Waals surface area contributed by atoms with E-state index in [1.54, 1.807) is 6.07 Å². The number of nitro benzene ring substituents is 1. The Morgan fingerprint density at radius 3 is 3.00 bits per heavy atom. The van der Waals surface area contributed by atoms with E-state index in [4.69, 9.17) is 5.73 Å². The third kappa shape index (κ3) is 3.03. The van der Waals surface area contributed by atoms with Crippen molar-refractivity contribution in [3.8, 4) is 0 Å². The van der Waals surface area contributed by atoms with Crippen molar-refractivity contribution >= 4 is 28.8 Å². The lowest BCUT2D eigenvalue weighted by atomic mass is 10.2. The van der Waals surface area contributed by atoms with Crippen molar-refractivity contribution in [1.82, 2.24) is 0 Å². The quantitative estimate of drug-likeness (QED) is 0.489. The number of benzene rings is 1. The topological polar surface area (TPSA) is 81.2 Å². The first-order valence-electron chi connectivity index (χ1n) is 5.56. The molecule has 6 heteroatoms. The maximum Gasteiger partial charge on any atom is 0.271 e. The van der Waals surface area contributed by atoms with Gasteiger partial charge >= 0.3 is 0 Å². The van der Waals surface area contributed by atoms with Crippen LogP contribution in [0, 0.1) is 10.1 Å². The highest BCUT2D eigenvalue weighted by molar-refractivity contribution is 8.00. The lowest BCUT2D eigenvalue weighted by molar-refractivity contribution is -0.384. The van der Waals surface area contributed by atoms with Gasteiger partial charge < -0.3 is 11.1 Å². The average Bonchev–Trinajstić information content (AvgIpc) is 2.80. The maximum absolute atomic E-state index is 10.6. The molecule has 1 aromatic rings. The number of hydrogen-bond acceptors (Lipinski definition) is 5. The van der Waals surface area contributed by atoms with Crippen molar-refractivity contribution in [1.29, 1.82) is 0 Å². The smallest absolute Gasteiger partial charge is 0.271 e. The molecule has 3 N–H and O–H groups in total. The van der Waals surface area contributed by atoms with E-state index in [1.165, 1.54) is 30.7 Å². The highest BCUT2D eigenvalue weighted by Gasteiger charge is 2.16. The van der Waals surface area contributed by atoms with Crippen LogP contribution >= 0.6 is 11.8 Å². The Labute approximate surface area is 104 Å². The zero-order valence-corrected chi connectivity index (χ0v) is 10.2. The summed E-state index contributed by atoms with van der Waals surface area (Å²) in [5, 5.41) is 14.4. The fourth-order valence-electron chi connectivity index (χ4n) is 1.85. The number of nitrogen functional groups attached to an aromatic ring is 1. The summed E-state index contributed by atoms with van der Waals surface area (Å²) in [7, 11) is 0. The van der Waals surface area contributed by atoms with Crippen LogP contribution in [-0.4, -0.2) is 22.5 Å². The monoisotopic (exact) mass is 253 g/mol. The first-order chi connectivity index (χ1) is 8.16. The lowest BCUT2D eigenvalue weighted by Crippen LogP contribution is -2.14. The fourth-order valence-corrected chi connectivity index (χ4v) is 3.05. The number of non-ortho nitro benzene ring substituents is 1. The van der Waals surface area contributed by atoms with E-state index in [9.17, 15) is 10.1 Å². The molecule has 1 aliphatic heterocycles. The first-order valence-corrected chi connectivity index (χ1v) is 6.61. The largest absolute Gasteiger partial charge is 0.397 e. The predicted octanol–water partition coefficient (Wildman–Crippen LogP) is 2.48. The normalized spacial score (nSPS) is 19.2. The molecule has 0 bridgehead atoms. The molecule has 1 atom stereocenters. The van der Waals surface area contributed by atoms with E-state index in [0.29, 0.717) is 10.9 Å². The Balaban J connectivity index is 1.98. The van der Waals surface area contributed by atoms with Gasteiger partial charge in [-0.25, -0.2) is 0 Å². The van der Waals surface area contributed by atoms with E-state index in [2.05, 4.69) is 5.32 Å². The molecule has 0 aromatic heterocycles. The van der Waals surface area contributed by atoms with Gasteiger partial charge in [0, 0.05) is 23.9 Å².